The molecule has 0 atom stereocenters. The zero-order valence-electron chi connectivity index (χ0n) is 11.1. The van der Waals surface area contributed by atoms with Crippen LogP contribution in [0.1, 0.15) is 31.4 Å². The van der Waals surface area contributed by atoms with Gasteiger partial charge in [0.2, 0.25) is 0 Å². The molecule has 2 rings (SSSR count). The summed E-state index contributed by atoms with van der Waals surface area (Å²) in [6, 6.07) is 6.37. The van der Waals surface area contributed by atoms with Crippen molar-refractivity contribution in [3.05, 3.63) is 23.9 Å². The van der Waals surface area contributed by atoms with E-state index in [0.29, 0.717) is 12.1 Å². The lowest BCUT2D eigenvalue weighted by molar-refractivity contribution is 0.0313. The summed E-state index contributed by atoms with van der Waals surface area (Å²) < 4.78 is 5.84. The van der Waals surface area contributed by atoms with Gasteiger partial charge in [-0.3, -0.25) is 0 Å². The van der Waals surface area contributed by atoms with Crippen molar-refractivity contribution < 1.29 is 4.74 Å². The number of pyridine rings is 1. The molecule has 0 saturated heterocycles. The quantitative estimate of drug-likeness (QED) is 0.784. The number of anilines is 1. The third kappa shape index (κ3) is 4.27. The maximum atomic E-state index is 5.87. The lowest BCUT2D eigenvalue weighted by atomic mass is 9.94. The van der Waals surface area contributed by atoms with Crippen LogP contribution in [0.5, 0.6) is 0 Å². The summed E-state index contributed by atoms with van der Waals surface area (Å²) in [5, 5.41) is 3.27. The fourth-order valence-corrected chi connectivity index (χ4v) is 2.30. The van der Waals surface area contributed by atoms with Gasteiger partial charge in [0.15, 0.2) is 0 Å². The van der Waals surface area contributed by atoms with Gasteiger partial charge in [-0.15, -0.1) is 0 Å². The molecule has 4 nitrogen and oxygen atoms in total. The van der Waals surface area contributed by atoms with Crippen LogP contribution < -0.4 is 11.1 Å². The van der Waals surface area contributed by atoms with Crippen LogP contribution in [0.15, 0.2) is 18.2 Å². The molecule has 1 aromatic rings. The van der Waals surface area contributed by atoms with Gasteiger partial charge in [-0.1, -0.05) is 6.07 Å². The average Bonchev–Trinajstić information content (AvgIpc) is 2.37. The largest absolute Gasteiger partial charge is 0.376 e. The van der Waals surface area contributed by atoms with Gasteiger partial charge in [-0.2, -0.15) is 0 Å². The van der Waals surface area contributed by atoms with Crippen LogP contribution in [-0.4, -0.2) is 30.3 Å². The van der Waals surface area contributed by atoms with Crippen LogP contribution in [0.25, 0.3) is 0 Å². The van der Waals surface area contributed by atoms with Gasteiger partial charge >= 0.3 is 0 Å². The van der Waals surface area contributed by atoms with Crippen molar-refractivity contribution in [3.8, 4) is 0 Å². The molecule has 3 N–H and O–H groups in total. The Bertz CT molecular complexity index is 362. The summed E-state index contributed by atoms with van der Waals surface area (Å²) in [5.74, 6) is 0.921. The van der Waals surface area contributed by atoms with Crippen molar-refractivity contribution in [2.75, 3.05) is 18.5 Å². The number of aromatic nitrogens is 1. The van der Waals surface area contributed by atoms with Crippen molar-refractivity contribution >= 4 is 5.82 Å². The zero-order chi connectivity index (χ0) is 12.8. The molecule has 18 heavy (non-hydrogen) atoms. The molecule has 1 saturated carbocycles. The van der Waals surface area contributed by atoms with Gasteiger partial charge in [0.05, 0.1) is 12.7 Å². The number of ether oxygens (including phenoxy) is 1. The second kappa shape index (κ2) is 6.71. The third-order valence-corrected chi connectivity index (χ3v) is 3.37. The predicted molar refractivity (Wildman–Crippen MR) is 73.6 cm³/mol. The number of rotatable bonds is 5. The molecule has 0 radical (unpaired) electrons. The fraction of sp³-hybridized carbons (Fsp3) is 0.643. The van der Waals surface area contributed by atoms with E-state index >= 15 is 0 Å². The number of hydrogen-bond donors (Lipinski definition) is 2. The molecule has 1 heterocycles. The van der Waals surface area contributed by atoms with Crippen molar-refractivity contribution in [2.24, 2.45) is 5.73 Å². The molecule has 1 aliphatic carbocycles. The van der Waals surface area contributed by atoms with Crippen LogP contribution in [0.2, 0.25) is 0 Å². The Morgan fingerprint density at radius 2 is 2.11 bits per heavy atom. The van der Waals surface area contributed by atoms with E-state index in [1.54, 1.807) is 0 Å². The van der Waals surface area contributed by atoms with E-state index in [9.17, 15) is 0 Å². The normalized spacial score (nSPS) is 23.9. The summed E-state index contributed by atoms with van der Waals surface area (Å²) in [5.41, 5.74) is 6.90. The predicted octanol–water partition coefficient (Wildman–Crippen LogP) is 2.09. The lowest BCUT2D eigenvalue weighted by Crippen LogP contribution is -2.31. The van der Waals surface area contributed by atoms with Crippen molar-refractivity contribution in [3.63, 3.8) is 0 Å². The van der Waals surface area contributed by atoms with Crippen molar-refractivity contribution in [1.29, 1.82) is 0 Å². The number of nitrogens with one attached hydrogen (secondary N) is 1. The maximum absolute atomic E-state index is 5.87. The Morgan fingerprint density at radius 3 is 2.83 bits per heavy atom. The van der Waals surface area contributed by atoms with Gasteiger partial charge in [-0.05, 0) is 44.7 Å². The van der Waals surface area contributed by atoms with E-state index < -0.39 is 0 Å². The van der Waals surface area contributed by atoms with Crippen LogP contribution in [0.3, 0.4) is 0 Å². The Hall–Kier alpha value is -1.13. The highest BCUT2D eigenvalue weighted by Crippen LogP contribution is 2.19. The second-order valence-electron chi connectivity index (χ2n) is 5.00. The van der Waals surface area contributed by atoms with E-state index in [2.05, 4.69) is 10.3 Å². The van der Waals surface area contributed by atoms with Gasteiger partial charge in [0, 0.05) is 18.3 Å². The minimum absolute atomic E-state index is 0.388. The molecular weight excluding hydrogens is 226 g/mol. The first-order valence-electron chi connectivity index (χ1n) is 6.79. The van der Waals surface area contributed by atoms with E-state index in [4.69, 9.17) is 10.5 Å². The summed E-state index contributed by atoms with van der Waals surface area (Å²) in [6.07, 6.45) is 4.79. The summed E-state index contributed by atoms with van der Waals surface area (Å²) >= 11 is 0. The van der Waals surface area contributed by atoms with Gasteiger partial charge < -0.3 is 15.8 Å². The molecule has 0 aromatic carbocycles. The SMILES string of the molecule is Cc1cccc(NCCOC2CCC(N)CC2)n1. The summed E-state index contributed by atoms with van der Waals surface area (Å²) in [7, 11) is 0. The number of nitrogens with two attached hydrogens (primary N) is 1. The van der Waals surface area contributed by atoms with Crippen molar-refractivity contribution in [2.45, 2.75) is 44.8 Å². The molecule has 0 spiro atoms. The molecule has 1 aromatic heterocycles. The van der Waals surface area contributed by atoms with Crippen molar-refractivity contribution in [1.82, 2.24) is 4.98 Å². The Labute approximate surface area is 109 Å². The molecule has 0 amide bonds. The monoisotopic (exact) mass is 249 g/mol. The van der Waals surface area contributed by atoms with E-state index in [-0.39, 0.29) is 0 Å². The molecule has 1 fully saturated rings. The summed E-state index contributed by atoms with van der Waals surface area (Å²) in [6.45, 7) is 3.53. The molecule has 1 aliphatic rings. The van der Waals surface area contributed by atoms with E-state index in [1.165, 1.54) is 0 Å². The Balaban J connectivity index is 1.61. The topological polar surface area (TPSA) is 60.2 Å². The first-order valence-corrected chi connectivity index (χ1v) is 6.79. The highest BCUT2D eigenvalue weighted by molar-refractivity contribution is 5.34. The van der Waals surface area contributed by atoms with E-state index in [0.717, 1.165) is 50.3 Å². The van der Waals surface area contributed by atoms with Gasteiger partial charge in [-0.25, -0.2) is 4.98 Å². The first-order chi connectivity index (χ1) is 8.74. The molecule has 0 aliphatic heterocycles. The maximum Gasteiger partial charge on any atom is 0.126 e. The van der Waals surface area contributed by atoms with Gasteiger partial charge in [0.1, 0.15) is 5.82 Å². The molecule has 100 valence electrons. The second-order valence-corrected chi connectivity index (χ2v) is 5.00. The zero-order valence-corrected chi connectivity index (χ0v) is 11.1. The smallest absolute Gasteiger partial charge is 0.126 e. The number of nitrogens with zero attached hydrogens (tertiary/aromatic N) is 1. The Kier molecular flexibility index (Phi) is 4.96. The average molecular weight is 249 g/mol. The number of hydrogen-bond acceptors (Lipinski definition) is 4. The minimum atomic E-state index is 0.388. The minimum Gasteiger partial charge on any atom is -0.376 e. The van der Waals surface area contributed by atoms with Crippen LogP contribution in [0.4, 0.5) is 5.82 Å². The highest BCUT2D eigenvalue weighted by atomic mass is 16.5. The summed E-state index contributed by atoms with van der Waals surface area (Å²) in [4.78, 5) is 4.38. The standard InChI is InChI=1S/C14H23N3O/c1-11-3-2-4-14(17-11)16-9-10-18-13-7-5-12(15)6-8-13/h2-4,12-13H,5-10,15H2,1H3,(H,16,17). The van der Waals surface area contributed by atoms with E-state index in [1.807, 2.05) is 25.1 Å². The molecule has 0 bridgehead atoms. The lowest BCUT2D eigenvalue weighted by Gasteiger charge is -2.26. The highest BCUT2D eigenvalue weighted by Gasteiger charge is 2.18. The van der Waals surface area contributed by atoms with Crippen LogP contribution in [0, 0.1) is 6.92 Å². The first kappa shape index (κ1) is 13.3. The number of aryl methyl sites for hydroxylation is 1. The third-order valence-electron chi connectivity index (χ3n) is 3.37. The fourth-order valence-electron chi connectivity index (χ4n) is 2.30. The molecule has 4 heteroatoms. The Morgan fingerprint density at radius 1 is 1.33 bits per heavy atom. The van der Waals surface area contributed by atoms with Gasteiger partial charge in [0.25, 0.3) is 0 Å². The molecular formula is C14H23N3O. The van der Waals surface area contributed by atoms with Crippen LogP contribution in [-0.2, 0) is 4.74 Å². The van der Waals surface area contributed by atoms with Crippen LogP contribution >= 0.6 is 0 Å². The molecule has 0 unspecified atom stereocenters.